The van der Waals surface area contributed by atoms with Crippen LogP contribution in [0.2, 0.25) is 0 Å². The Morgan fingerprint density at radius 3 is 2.56 bits per heavy atom. The number of ether oxygens (including phenoxy) is 1. The molecule has 0 radical (unpaired) electrons. The molecule has 2 saturated heterocycles. The highest BCUT2D eigenvalue weighted by atomic mass is 16.5. The summed E-state index contributed by atoms with van der Waals surface area (Å²) in [7, 11) is 0. The number of morpholine rings is 1. The lowest BCUT2D eigenvalue weighted by atomic mass is 10.1. The fourth-order valence-electron chi connectivity index (χ4n) is 2.54. The van der Waals surface area contributed by atoms with Crippen LogP contribution < -0.4 is 5.73 Å². The van der Waals surface area contributed by atoms with Crippen molar-refractivity contribution in [1.29, 1.82) is 0 Å². The highest BCUT2D eigenvalue weighted by Gasteiger charge is 2.37. The lowest BCUT2D eigenvalue weighted by Gasteiger charge is -2.33. The summed E-state index contributed by atoms with van der Waals surface area (Å²) in [6.07, 6.45) is 1.62. The minimum Gasteiger partial charge on any atom is -0.378 e. The molecule has 0 spiro atoms. The number of amides is 2. The van der Waals surface area contributed by atoms with E-state index in [2.05, 4.69) is 0 Å². The predicted octanol–water partition coefficient (Wildman–Crippen LogP) is -0.817. The van der Waals surface area contributed by atoms with E-state index >= 15 is 0 Å². The number of hydrogen-bond donors (Lipinski definition) is 1. The van der Waals surface area contributed by atoms with E-state index in [1.165, 1.54) is 0 Å². The molecule has 0 aromatic carbocycles. The molecule has 0 aromatic rings. The topological polar surface area (TPSA) is 75.9 Å². The van der Waals surface area contributed by atoms with Crippen molar-refractivity contribution in [2.75, 3.05) is 32.8 Å². The number of likely N-dealkylation sites (tertiary alicyclic amines) is 1. The second-order valence-electron chi connectivity index (χ2n) is 4.92. The number of rotatable bonds is 2. The molecule has 6 heteroatoms. The zero-order chi connectivity index (χ0) is 13.1. The van der Waals surface area contributed by atoms with Crippen LogP contribution in [0.25, 0.3) is 0 Å². The van der Waals surface area contributed by atoms with Crippen LogP contribution in [0.3, 0.4) is 0 Å². The molecule has 2 heterocycles. The van der Waals surface area contributed by atoms with Gasteiger partial charge in [0.2, 0.25) is 11.8 Å². The van der Waals surface area contributed by atoms with Crippen molar-refractivity contribution in [3.05, 3.63) is 0 Å². The summed E-state index contributed by atoms with van der Waals surface area (Å²) < 4.78 is 5.23. The van der Waals surface area contributed by atoms with Gasteiger partial charge in [-0.05, 0) is 19.8 Å². The Bertz CT molecular complexity index is 327. The molecule has 0 saturated carbocycles. The van der Waals surface area contributed by atoms with E-state index in [1.807, 2.05) is 0 Å². The van der Waals surface area contributed by atoms with Crippen molar-refractivity contribution < 1.29 is 14.3 Å². The lowest BCUT2D eigenvalue weighted by Crippen LogP contribution is -2.53. The molecule has 2 amide bonds. The standard InChI is InChI=1S/C12H21N3O3/c1-9(13)11(16)15-4-2-3-10(15)12(17)14-5-7-18-8-6-14/h9-10H,2-8,13H2,1H3/t9-,10?/m0/s1. The van der Waals surface area contributed by atoms with Crippen LogP contribution in [-0.4, -0.2) is 66.5 Å². The summed E-state index contributed by atoms with van der Waals surface area (Å²) in [5, 5.41) is 0. The van der Waals surface area contributed by atoms with E-state index < -0.39 is 6.04 Å². The average Bonchev–Trinajstić information content (AvgIpc) is 2.87. The molecule has 6 nitrogen and oxygen atoms in total. The van der Waals surface area contributed by atoms with Crippen LogP contribution in [0.15, 0.2) is 0 Å². The third-order valence-corrected chi connectivity index (χ3v) is 3.53. The SMILES string of the molecule is C[C@H](N)C(=O)N1CCCC1C(=O)N1CCOCC1. The van der Waals surface area contributed by atoms with Gasteiger partial charge in [-0.15, -0.1) is 0 Å². The number of carbonyl (C=O) groups is 2. The first kappa shape index (κ1) is 13.3. The summed E-state index contributed by atoms with van der Waals surface area (Å²) in [6, 6.07) is -0.857. The Hall–Kier alpha value is -1.14. The summed E-state index contributed by atoms with van der Waals surface area (Å²) >= 11 is 0. The van der Waals surface area contributed by atoms with Gasteiger partial charge in [-0.2, -0.15) is 0 Å². The Labute approximate surface area is 107 Å². The van der Waals surface area contributed by atoms with E-state index in [4.69, 9.17) is 10.5 Å². The quantitative estimate of drug-likeness (QED) is 0.700. The van der Waals surface area contributed by atoms with Gasteiger partial charge in [0.25, 0.3) is 0 Å². The minimum absolute atomic E-state index is 0.0461. The molecule has 2 rings (SSSR count). The number of hydrogen-bond acceptors (Lipinski definition) is 4. The third kappa shape index (κ3) is 2.64. The van der Waals surface area contributed by atoms with Crippen LogP contribution in [-0.2, 0) is 14.3 Å². The van der Waals surface area contributed by atoms with Crippen molar-refractivity contribution in [3.63, 3.8) is 0 Å². The molecule has 2 atom stereocenters. The van der Waals surface area contributed by atoms with Crippen molar-refractivity contribution in [2.45, 2.75) is 31.8 Å². The fraction of sp³-hybridized carbons (Fsp3) is 0.833. The molecule has 0 aliphatic carbocycles. The van der Waals surface area contributed by atoms with Crippen LogP contribution in [0, 0.1) is 0 Å². The first-order valence-electron chi connectivity index (χ1n) is 6.54. The molecular formula is C12H21N3O3. The molecule has 1 unspecified atom stereocenters. The van der Waals surface area contributed by atoms with E-state index in [9.17, 15) is 9.59 Å². The van der Waals surface area contributed by atoms with Gasteiger partial charge in [-0.25, -0.2) is 0 Å². The van der Waals surface area contributed by atoms with Gasteiger partial charge >= 0.3 is 0 Å². The van der Waals surface area contributed by atoms with E-state index in [0.717, 1.165) is 12.8 Å². The van der Waals surface area contributed by atoms with Crippen molar-refractivity contribution in [1.82, 2.24) is 9.80 Å². The zero-order valence-electron chi connectivity index (χ0n) is 10.8. The molecule has 2 aliphatic heterocycles. The van der Waals surface area contributed by atoms with Crippen LogP contribution in [0.4, 0.5) is 0 Å². The van der Waals surface area contributed by atoms with Gasteiger partial charge in [0.05, 0.1) is 19.3 Å². The summed E-state index contributed by atoms with van der Waals surface area (Å²) in [6.45, 7) is 4.71. The molecular weight excluding hydrogens is 234 g/mol. The molecule has 2 fully saturated rings. The maximum Gasteiger partial charge on any atom is 0.245 e. The molecule has 2 aliphatic rings. The Kier molecular flexibility index (Phi) is 4.19. The largest absolute Gasteiger partial charge is 0.378 e. The van der Waals surface area contributed by atoms with Gasteiger partial charge in [-0.1, -0.05) is 0 Å². The number of nitrogens with zero attached hydrogens (tertiary/aromatic N) is 2. The Morgan fingerprint density at radius 2 is 1.94 bits per heavy atom. The average molecular weight is 255 g/mol. The third-order valence-electron chi connectivity index (χ3n) is 3.53. The summed E-state index contributed by atoms with van der Waals surface area (Å²) in [5.41, 5.74) is 5.62. The monoisotopic (exact) mass is 255 g/mol. The van der Waals surface area contributed by atoms with Gasteiger partial charge in [-0.3, -0.25) is 9.59 Å². The normalized spacial score (nSPS) is 26.2. The van der Waals surface area contributed by atoms with Crippen LogP contribution in [0.5, 0.6) is 0 Å². The minimum atomic E-state index is -0.539. The van der Waals surface area contributed by atoms with Crippen LogP contribution in [0.1, 0.15) is 19.8 Å². The van der Waals surface area contributed by atoms with E-state index in [-0.39, 0.29) is 17.9 Å². The summed E-state index contributed by atoms with van der Waals surface area (Å²) in [4.78, 5) is 27.8. The zero-order valence-corrected chi connectivity index (χ0v) is 10.8. The van der Waals surface area contributed by atoms with Gasteiger partial charge < -0.3 is 20.3 Å². The molecule has 0 bridgehead atoms. The Morgan fingerprint density at radius 1 is 1.28 bits per heavy atom. The smallest absolute Gasteiger partial charge is 0.245 e. The molecule has 2 N–H and O–H groups in total. The maximum atomic E-state index is 12.4. The highest BCUT2D eigenvalue weighted by molar-refractivity contribution is 5.90. The van der Waals surface area contributed by atoms with Crippen molar-refractivity contribution in [3.8, 4) is 0 Å². The number of nitrogens with two attached hydrogens (primary N) is 1. The fourth-order valence-corrected chi connectivity index (χ4v) is 2.54. The second kappa shape index (κ2) is 5.67. The van der Waals surface area contributed by atoms with Gasteiger partial charge in [0, 0.05) is 19.6 Å². The lowest BCUT2D eigenvalue weighted by molar-refractivity contribution is -0.146. The molecule has 0 aromatic heterocycles. The van der Waals surface area contributed by atoms with Gasteiger partial charge in [0.15, 0.2) is 0 Å². The number of carbonyl (C=O) groups excluding carboxylic acids is 2. The van der Waals surface area contributed by atoms with Gasteiger partial charge in [0.1, 0.15) is 6.04 Å². The second-order valence-corrected chi connectivity index (χ2v) is 4.92. The molecule has 102 valence electrons. The Balaban J connectivity index is 2.01. The summed E-state index contributed by atoms with van der Waals surface area (Å²) in [5.74, 6) is -0.0797. The molecule has 18 heavy (non-hydrogen) atoms. The maximum absolute atomic E-state index is 12.4. The first-order chi connectivity index (χ1) is 8.61. The predicted molar refractivity (Wildman–Crippen MR) is 65.8 cm³/mol. The van der Waals surface area contributed by atoms with Crippen LogP contribution >= 0.6 is 0 Å². The van der Waals surface area contributed by atoms with Crippen molar-refractivity contribution >= 4 is 11.8 Å². The van der Waals surface area contributed by atoms with E-state index in [1.54, 1.807) is 16.7 Å². The van der Waals surface area contributed by atoms with E-state index in [0.29, 0.717) is 32.8 Å². The first-order valence-corrected chi connectivity index (χ1v) is 6.54. The van der Waals surface area contributed by atoms with Crippen molar-refractivity contribution in [2.24, 2.45) is 5.73 Å². The highest BCUT2D eigenvalue weighted by Crippen LogP contribution is 2.20.